The predicted molar refractivity (Wildman–Crippen MR) is 110 cm³/mol. The highest BCUT2D eigenvalue weighted by atomic mass is 16.5. The molecule has 2 amide bonds. The smallest absolute Gasteiger partial charge is 0.287 e. The van der Waals surface area contributed by atoms with E-state index in [0.717, 1.165) is 41.0 Å². The lowest BCUT2D eigenvalue weighted by molar-refractivity contribution is 0.0874. The Hall–Kier alpha value is -2.93. The highest BCUT2D eigenvalue weighted by molar-refractivity contribution is 6.07. The first kappa shape index (κ1) is 20.8. The van der Waals surface area contributed by atoms with Crippen LogP contribution in [-0.4, -0.2) is 37.3 Å². The molecule has 0 aliphatic heterocycles. The number of amides is 2. The van der Waals surface area contributed by atoms with Crippen molar-refractivity contribution in [3.8, 4) is 0 Å². The van der Waals surface area contributed by atoms with Gasteiger partial charge in [-0.25, -0.2) is 5.43 Å². The van der Waals surface area contributed by atoms with Gasteiger partial charge in [0, 0.05) is 36.3 Å². The van der Waals surface area contributed by atoms with E-state index in [9.17, 15) is 9.59 Å². The third-order valence-electron chi connectivity index (χ3n) is 5.01. The van der Waals surface area contributed by atoms with Crippen molar-refractivity contribution in [1.82, 2.24) is 10.7 Å². The van der Waals surface area contributed by atoms with Gasteiger partial charge in [0.15, 0.2) is 5.76 Å². The van der Waals surface area contributed by atoms with Crippen LogP contribution in [0, 0.1) is 13.8 Å². The van der Waals surface area contributed by atoms with E-state index in [-0.39, 0.29) is 23.6 Å². The second-order valence-electron chi connectivity index (χ2n) is 7.35. The standard InChI is InChI=1S/C22H27N3O4/c1-13-8-5-6-9-16(13)21(26)25-24-17-10-7-11-18-19(17)15(3)20(29-18)22(27)23-14(2)12-28-4/h5-6,8-9,14H,7,10-12H2,1-4H3,(H,23,27)(H,25,26)/b24-17+. The van der Waals surface area contributed by atoms with Gasteiger partial charge in [-0.2, -0.15) is 5.10 Å². The van der Waals surface area contributed by atoms with Gasteiger partial charge in [-0.05, 0) is 45.2 Å². The first-order valence-corrected chi connectivity index (χ1v) is 9.77. The van der Waals surface area contributed by atoms with Crippen LogP contribution in [0.1, 0.15) is 63.1 Å². The van der Waals surface area contributed by atoms with E-state index in [0.29, 0.717) is 18.6 Å². The molecule has 1 aliphatic carbocycles. The molecule has 0 saturated carbocycles. The summed E-state index contributed by atoms with van der Waals surface area (Å²) in [6.07, 6.45) is 2.30. The number of fused-ring (bicyclic) bond motifs is 1. The number of carbonyl (C=O) groups is 2. The minimum Gasteiger partial charge on any atom is -0.455 e. The van der Waals surface area contributed by atoms with Crippen LogP contribution in [0.2, 0.25) is 0 Å². The fourth-order valence-electron chi connectivity index (χ4n) is 3.58. The Bertz CT molecular complexity index is 946. The fraction of sp³-hybridized carbons (Fsp3) is 0.409. The summed E-state index contributed by atoms with van der Waals surface area (Å²) in [6.45, 7) is 6.02. The van der Waals surface area contributed by atoms with E-state index in [1.54, 1.807) is 13.2 Å². The number of methoxy groups -OCH3 is 1. The molecular formula is C22H27N3O4. The van der Waals surface area contributed by atoms with Gasteiger partial charge < -0.3 is 14.5 Å². The molecule has 1 unspecified atom stereocenters. The van der Waals surface area contributed by atoms with Crippen LogP contribution in [0.3, 0.4) is 0 Å². The number of nitrogens with one attached hydrogen (secondary N) is 2. The van der Waals surface area contributed by atoms with Crippen molar-refractivity contribution in [2.24, 2.45) is 5.10 Å². The Balaban J connectivity index is 1.82. The zero-order valence-corrected chi connectivity index (χ0v) is 17.3. The molecule has 154 valence electrons. The van der Waals surface area contributed by atoms with E-state index in [2.05, 4.69) is 15.8 Å². The number of benzene rings is 1. The summed E-state index contributed by atoms with van der Waals surface area (Å²) in [4.78, 5) is 25.1. The second-order valence-corrected chi connectivity index (χ2v) is 7.35. The largest absolute Gasteiger partial charge is 0.455 e. The Morgan fingerprint density at radius 3 is 2.69 bits per heavy atom. The topological polar surface area (TPSA) is 92.9 Å². The molecule has 0 radical (unpaired) electrons. The Kier molecular flexibility index (Phi) is 6.49. The van der Waals surface area contributed by atoms with Gasteiger partial charge in [0.2, 0.25) is 0 Å². The molecule has 7 nitrogen and oxygen atoms in total. The zero-order chi connectivity index (χ0) is 21.0. The van der Waals surface area contributed by atoms with Crippen molar-refractivity contribution < 1.29 is 18.7 Å². The number of nitrogens with zero attached hydrogens (tertiary/aromatic N) is 1. The number of carbonyl (C=O) groups excluding carboxylic acids is 2. The van der Waals surface area contributed by atoms with Crippen molar-refractivity contribution in [1.29, 1.82) is 0 Å². The van der Waals surface area contributed by atoms with E-state index in [4.69, 9.17) is 9.15 Å². The summed E-state index contributed by atoms with van der Waals surface area (Å²) < 4.78 is 10.9. The molecule has 0 spiro atoms. The summed E-state index contributed by atoms with van der Waals surface area (Å²) in [5.41, 5.74) is 6.43. The van der Waals surface area contributed by atoms with Crippen LogP contribution in [0.25, 0.3) is 0 Å². The summed E-state index contributed by atoms with van der Waals surface area (Å²) >= 11 is 0. The molecule has 1 heterocycles. The van der Waals surface area contributed by atoms with Gasteiger partial charge in [-0.3, -0.25) is 9.59 Å². The number of rotatable bonds is 6. The average molecular weight is 397 g/mol. The number of hydrazone groups is 1. The minimum atomic E-state index is -0.273. The molecule has 0 bridgehead atoms. The molecule has 7 heteroatoms. The summed E-state index contributed by atoms with van der Waals surface area (Å²) in [5.74, 6) is 0.500. The van der Waals surface area contributed by atoms with Crippen molar-refractivity contribution >= 4 is 17.5 Å². The Labute approximate surface area is 170 Å². The number of ether oxygens (including phenoxy) is 1. The van der Waals surface area contributed by atoms with Crippen LogP contribution in [0.4, 0.5) is 0 Å². The minimum absolute atomic E-state index is 0.129. The normalized spacial score (nSPS) is 15.7. The van der Waals surface area contributed by atoms with Gasteiger partial charge >= 0.3 is 0 Å². The molecular weight excluding hydrogens is 370 g/mol. The van der Waals surface area contributed by atoms with E-state index in [1.807, 2.05) is 39.0 Å². The number of aryl methyl sites for hydroxylation is 2. The maximum Gasteiger partial charge on any atom is 0.287 e. The molecule has 1 atom stereocenters. The van der Waals surface area contributed by atoms with Gasteiger partial charge in [0.25, 0.3) is 11.8 Å². The molecule has 1 aromatic heterocycles. The van der Waals surface area contributed by atoms with Crippen molar-refractivity contribution in [2.75, 3.05) is 13.7 Å². The third kappa shape index (κ3) is 4.56. The maximum absolute atomic E-state index is 12.6. The van der Waals surface area contributed by atoms with Crippen molar-refractivity contribution in [3.05, 3.63) is 58.0 Å². The lowest BCUT2D eigenvalue weighted by Gasteiger charge is -2.13. The van der Waals surface area contributed by atoms with E-state index in [1.165, 1.54) is 0 Å². The maximum atomic E-state index is 12.6. The van der Waals surface area contributed by atoms with Gasteiger partial charge in [-0.1, -0.05) is 18.2 Å². The molecule has 0 fully saturated rings. The monoisotopic (exact) mass is 397 g/mol. The number of hydrogen-bond donors (Lipinski definition) is 2. The van der Waals surface area contributed by atoms with Crippen molar-refractivity contribution in [2.45, 2.75) is 46.1 Å². The molecule has 3 rings (SSSR count). The lowest BCUT2D eigenvalue weighted by Crippen LogP contribution is -2.35. The summed E-state index contributed by atoms with van der Waals surface area (Å²) in [5, 5.41) is 7.24. The molecule has 29 heavy (non-hydrogen) atoms. The molecule has 2 N–H and O–H groups in total. The predicted octanol–water partition coefficient (Wildman–Crippen LogP) is 3.13. The van der Waals surface area contributed by atoms with Crippen LogP contribution in [-0.2, 0) is 11.2 Å². The number of hydrogen-bond acceptors (Lipinski definition) is 5. The van der Waals surface area contributed by atoms with Gasteiger partial charge in [0.1, 0.15) is 5.76 Å². The van der Waals surface area contributed by atoms with Crippen molar-refractivity contribution in [3.63, 3.8) is 0 Å². The first-order chi connectivity index (χ1) is 13.9. The van der Waals surface area contributed by atoms with E-state index < -0.39 is 0 Å². The van der Waals surface area contributed by atoms with Crippen LogP contribution in [0.15, 0.2) is 33.8 Å². The summed E-state index contributed by atoms with van der Waals surface area (Å²) in [7, 11) is 1.59. The Morgan fingerprint density at radius 1 is 1.21 bits per heavy atom. The van der Waals surface area contributed by atoms with Crippen LogP contribution >= 0.6 is 0 Å². The SMILES string of the molecule is COCC(C)NC(=O)c1oc2c(c1C)/C(=N/NC(=O)c1ccccc1C)CCC2. The third-order valence-corrected chi connectivity index (χ3v) is 5.01. The van der Waals surface area contributed by atoms with Gasteiger partial charge in [0.05, 0.1) is 12.3 Å². The molecule has 1 aliphatic rings. The fourth-order valence-corrected chi connectivity index (χ4v) is 3.58. The van der Waals surface area contributed by atoms with E-state index >= 15 is 0 Å². The highest BCUT2D eigenvalue weighted by Gasteiger charge is 2.28. The quantitative estimate of drug-likeness (QED) is 0.733. The first-order valence-electron chi connectivity index (χ1n) is 9.77. The number of furan rings is 1. The van der Waals surface area contributed by atoms with Crippen LogP contribution in [0.5, 0.6) is 0 Å². The Morgan fingerprint density at radius 2 is 1.97 bits per heavy atom. The molecule has 2 aromatic rings. The lowest BCUT2D eigenvalue weighted by atomic mass is 9.93. The molecule has 1 aromatic carbocycles. The van der Waals surface area contributed by atoms with Gasteiger partial charge in [-0.15, -0.1) is 0 Å². The van der Waals surface area contributed by atoms with Crippen LogP contribution < -0.4 is 10.7 Å². The summed E-state index contributed by atoms with van der Waals surface area (Å²) in [6, 6.07) is 7.24. The highest BCUT2D eigenvalue weighted by Crippen LogP contribution is 2.30. The average Bonchev–Trinajstić information content (AvgIpc) is 3.04. The molecule has 0 saturated heterocycles. The zero-order valence-electron chi connectivity index (χ0n) is 17.3. The second kappa shape index (κ2) is 9.05.